The molecule has 0 bridgehead atoms. The number of hydrogen-bond donors (Lipinski definition) is 2. The van der Waals surface area contributed by atoms with Crippen LogP contribution in [0.15, 0.2) is 30.3 Å². The molecule has 2 unspecified atom stereocenters. The van der Waals surface area contributed by atoms with Crippen molar-refractivity contribution in [2.75, 3.05) is 10.6 Å². The number of nitrogens with one attached hydrogen (secondary N) is 2. The van der Waals surface area contributed by atoms with E-state index in [0.29, 0.717) is 22.2 Å². The van der Waals surface area contributed by atoms with E-state index in [-0.39, 0.29) is 23.7 Å². The zero-order chi connectivity index (χ0) is 19.0. The highest BCUT2D eigenvalue weighted by atomic mass is 35.5. The molecule has 1 aliphatic rings. The van der Waals surface area contributed by atoms with E-state index in [1.807, 2.05) is 32.9 Å². The van der Waals surface area contributed by atoms with E-state index in [1.165, 1.54) is 0 Å². The van der Waals surface area contributed by atoms with Gasteiger partial charge in [-0.2, -0.15) is 0 Å². The van der Waals surface area contributed by atoms with E-state index in [0.717, 1.165) is 22.4 Å². The molecule has 0 saturated heterocycles. The highest BCUT2D eigenvalue weighted by Crippen LogP contribution is 2.41. The lowest BCUT2D eigenvalue weighted by Gasteiger charge is -2.13. The van der Waals surface area contributed by atoms with Gasteiger partial charge in [-0.1, -0.05) is 40.9 Å². The van der Waals surface area contributed by atoms with Crippen LogP contribution in [0.1, 0.15) is 23.1 Å². The Bertz CT molecular complexity index is 872. The van der Waals surface area contributed by atoms with E-state index in [9.17, 15) is 9.59 Å². The van der Waals surface area contributed by atoms with Crippen molar-refractivity contribution in [3.05, 3.63) is 57.1 Å². The lowest BCUT2D eigenvalue weighted by atomic mass is 10.0. The highest BCUT2D eigenvalue weighted by Gasteiger charge is 2.48. The van der Waals surface area contributed by atoms with Gasteiger partial charge in [-0.05, 0) is 56.5 Å². The average molecular weight is 391 g/mol. The van der Waals surface area contributed by atoms with Crippen molar-refractivity contribution in [1.82, 2.24) is 0 Å². The molecule has 4 nitrogen and oxygen atoms in total. The minimum absolute atomic E-state index is 0.116. The second kappa shape index (κ2) is 7.29. The fourth-order valence-corrected chi connectivity index (χ4v) is 3.47. The molecule has 136 valence electrons. The maximum Gasteiger partial charge on any atom is 0.228 e. The number of benzene rings is 2. The fourth-order valence-electron chi connectivity index (χ4n) is 3.18. The van der Waals surface area contributed by atoms with Gasteiger partial charge >= 0.3 is 0 Å². The maximum atomic E-state index is 12.5. The van der Waals surface area contributed by atoms with Gasteiger partial charge in [0.05, 0.1) is 21.9 Å². The normalized spacial score (nSPS) is 18.3. The van der Waals surface area contributed by atoms with E-state index in [1.54, 1.807) is 18.2 Å². The lowest BCUT2D eigenvalue weighted by molar-refractivity contribution is -0.122. The van der Waals surface area contributed by atoms with Crippen LogP contribution in [0.4, 0.5) is 11.4 Å². The smallest absolute Gasteiger partial charge is 0.228 e. The van der Waals surface area contributed by atoms with Crippen LogP contribution in [0.25, 0.3) is 0 Å². The molecule has 2 aromatic rings. The zero-order valence-corrected chi connectivity index (χ0v) is 16.3. The first-order valence-electron chi connectivity index (χ1n) is 8.41. The van der Waals surface area contributed by atoms with Crippen LogP contribution in [-0.4, -0.2) is 11.8 Å². The molecule has 0 aromatic heterocycles. The summed E-state index contributed by atoms with van der Waals surface area (Å²) in [5, 5.41) is 6.57. The number of hydrogen-bond acceptors (Lipinski definition) is 2. The first-order valence-corrected chi connectivity index (χ1v) is 9.16. The van der Waals surface area contributed by atoms with Crippen LogP contribution in [0.2, 0.25) is 10.0 Å². The molecule has 0 spiro atoms. The summed E-state index contributed by atoms with van der Waals surface area (Å²) in [6, 6.07) is 8.97. The van der Waals surface area contributed by atoms with Crippen LogP contribution >= 0.6 is 23.2 Å². The summed E-state index contributed by atoms with van der Waals surface area (Å²) in [4.78, 5) is 24.9. The molecule has 2 atom stereocenters. The largest absolute Gasteiger partial charge is 0.326 e. The van der Waals surface area contributed by atoms with Gasteiger partial charge in [-0.25, -0.2) is 0 Å². The van der Waals surface area contributed by atoms with Gasteiger partial charge in [0.2, 0.25) is 11.8 Å². The molecule has 26 heavy (non-hydrogen) atoms. The Kier molecular flexibility index (Phi) is 5.26. The van der Waals surface area contributed by atoms with E-state index in [4.69, 9.17) is 23.2 Å². The molecule has 1 fully saturated rings. The van der Waals surface area contributed by atoms with Crippen LogP contribution in [0.3, 0.4) is 0 Å². The zero-order valence-electron chi connectivity index (χ0n) is 14.8. The SMILES string of the molecule is Cc1cc(C)c(NC(=O)C2CC2C(=O)Nc2ccc(Cl)c(Cl)c2)c(C)c1. The maximum absolute atomic E-state index is 12.5. The summed E-state index contributed by atoms with van der Waals surface area (Å²) in [5.41, 5.74) is 4.60. The minimum atomic E-state index is -0.324. The first-order chi connectivity index (χ1) is 12.3. The van der Waals surface area contributed by atoms with Crippen LogP contribution in [0.5, 0.6) is 0 Å². The van der Waals surface area contributed by atoms with Gasteiger partial charge < -0.3 is 10.6 Å². The van der Waals surface area contributed by atoms with Crippen LogP contribution in [-0.2, 0) is 9.59 Å². The summed E-state index contributed by atoms with van der Waals surface area (Å²) in [6.45, 7) is 5.96. The lowest BCUT2D eigenvalue weighted by Crippen LogP contribution is -2.21. The molecule has 1 aliphatic carbocycles. The Hall–Kier alpha value is -2.04. The number of rotatable bonds is 4. The Morgan fingerprint density at radius 2 is 1.46 bits per heavy atom. The van der Waals surface area contributed by atoms with Crippen molar-refractivity contribution in [3.63, 3.8) is 0 Å². The predicted molar refractivity (Wildman–Crippen MR) is 106 cm³/mol. The van der Waals surface area contributed by atoms with E-state index in [2.05, 4.69) is 10.6 Å². The first kappa shape index (κ1) is 18.7. The molecule has 2 aromatic carbocycles. The Labute approximate surface area is 162 Å². The molecular weight excluding hydrogens is 371 g/mol. The number of halogens is 2. The molecule has 0 heterocycles. The summed E-state index contributed by atoms with van der Waals surface area (Å²) >= 11 is 11.8. The third kappa shape index (κ3) is 4.02. The Morgan fingerprint density at radius 1 is 0.885 bits per heavy atom. The summed E-state index contributed by atoms with van der Waals surface area (Å²) in [7, 11) is 0. The van der Waals surface area contributed by atoms with Crippen LogP contribution < -0.4 is 10.6 Å². The Balaban J connectivity index is 1.62. The molecular formula is C20H20Cl2N2O2. The van der Waals surface area contributed by atoms with Gasteiger partial charge in [0.25, 0.3) is 0 Å². The van der Waals surface area contributed by atoms with Gasteiger partial charge in [-0.15, -0.1) is 0 Å². The Morgan fingerprint density at radius 3 is 2.04 bits per heavy atom. The average Bonchev–Trinajstić information content (AvgIpc) is 3.35. The van der Waals surface area contributed by atoms with Crippen LogP contribution in [0, 0.1) is 32.6 Å². The third-order valence-electron chi connectivity index (χ3n) is 4.58. The standard InChI is InChI=1S/C20H20Cl2N2O2/c1-10-6-11(2)18(12(3)7-10)24-20(26)15-9-14(15)19(25)23-13-4-5-16(21)17(22)8-13/h4-8,14-15H,9H2,1-3H3,(H,23,25)(H,24,26). The van der Waals surface area contributed by atoms with Crippen molar-refractivity contribution in [1.29, 1.82) is 0 Å². The number of aryl methyl sites for hydroxylation is 3. The minimum Gasteiger partial charge on any atom is -0.326 e. The number of amides is 2. The molecule has 2 amide bonds. The fraction of sp³-hybridized carbons (Fsp3) is 0.300. The van der Waals surface area contributed by atoms with Gasteiger partial charge in [0.15, 0.2) is 0 Å². The van der Waals surface area contributed by atoms with Crippen molar-refractivity contribution in [2.45, 2.75) is 27.2 Å². The van der Waals surface area contributed by atoms with Gasteiger partial charge in [0.1, 0.15) is 0 Å². The molecule has 6 heteroatoms. The topological polar surface area (TPSA) is 58.2 Å². The second-order valence-electron chi connectivity index (χ2n) is 6.83. The number of carbonyl (C=O) groups is 2. The second-order valence-corrected chi connectivity index (χ2v) is 7.64. The van der Waals surface area contributed by atoms with Crippen molar-refractivity contribution in [3.8, 4) is 0 Å². The molecule has 0 aliphatic heterocycles. The molecule has 1 saturated carbocycles. The summed E-state index contributed by atoms with van der Waals surface area (Å²) < 4.78 is 0. The summed E-state index contributed by atoms with van der Waals surface area (Å²) in [6.07, 6.45) is 0.545. The third-order valence-corrected chi connectivity index (χ3v) is 5.32. The van der Waals surface area contributed by atoms with Crippen molar-refractivity contribution in [2.24, 2.45) is 11.8 Å². The number of anilines is 2. The number of carbonyl (C=O) groups excluding carboxylic acids is 2. The van der Waals surface area contributed by atoms with Crippen molar-refractivity contribution >= 4 is 46.4 Å². The highest BCUT2D eigenvalue weighted by molar-refractivity contribution is 6.42. The van der Waals surface area contributed by atoms with E-state index >= 15 is 0 Å². The van der Waals surface area contributed by atoms with Crippen molar-refractivity contribution < 1.29 is 9.59 Å². The predicted octanol–water partition coefficient (Wildman–Crippen LogP) is 5.13. The van der Waals surface area contributed by atoms with Gasteiger partial charge in [0, 0.05) is 11.4 Å². The molecule has 3 rings (SSSR count). The molecule has 2 N–H and O–H groups in total. The quantitative estimate of drug-likeness (QED) is 0.759. The van der Waals surface area contributed by atoms with E-state index < -0.39 is 0 Å². The monoisotopic (exact) mass is 390 g/mol. The summed E-state index contributed by atoms with van der Waals surface area (Å²) in [5.74, 6) is -0.927. The molecule has 0 radical (unpaired) electrons. The van der Waals surface area contributed by atoms with Gasteiger partial charge in [-0.3, -0.25) is 9.59 Å².